The fourth-order valence-electron chi connectivity index (χ4n) is 4.10. The largest absolute Gasteiger partial charge is 0.351 e. The number of hydrogen-bond donors (Lipinski definition) is 1. The van der Waals surface area contributed by atoms with E-state index in [1.807, 2.05) is 0 Å². The van der Waals surface area contributed by atoms with Crippen molar-refractivity contribution in [3.05, 3.63) is 40.8 Å². The molecule has 1 saturated heterocycles. The fraction of sp³-hybridized carbons (Fsp3) is 0.550. The molecular formula is C20H26N8O5S2. The predicted molar refractivity (Wildman–Crippen MR) is 128 cm³/mol. The van der Waals surface area contributed by atoms with Crippen molar-refractivity contribution in [3.63, 3.8) is 0 Å². The van der Waals surface area contributed by atoms with Crippen LogP contribution in [0.5, 0.6) is 0 Å². The zero-order valence-corrected chi connectivity index (χ0v) is 20.7. The molecule has 13 nitrogen and oxygen atoms in total. The normalized spacial score (nSPS) is 18.2. The first kappa shape index (κ1) is 23.8. The van der Waals surface area contributed by atoms with Gasteiger partial charge in [-0.15, -0.1) is 9.19 Å². The quantitative estimate of drug-likeness (QED) is 0.425. The molecule has 1 saturated carbocycles. The number of sulfonamides is 1. The number of piperidine rings is 1. The average Bonchev–Trinajstić information content (AvgIpc) is 3.53. The van der Waals surface area contributed by atoms with Gasteiger partial charge in [0.2, 0.25) is 16.0 Å². The molecule has 3 aromatic heterocycles. The molecule has 1 aliphatic carbocycles. The Bertz CT molecular complexity index is 1520. The SMILES string of the molecule is CS(=O)(=O)N1CCC(Nc2ncc3ccc(=O)n(CCS(=O)(=O)n4cnc(C5CC5)n4)c3n2)CC1. The summed E-state index contributed by atoms with van der Waals surface area (Å²) in [7, 11) is -7.03. The van der Waals surface area contributed by atoms with Crippen molar-refractivity contribution in [2.45, 2.75) is 44.2 Å². The summed E-state index contributed by atoms with van der Waals surface area (Å²) >= 11 is 0. The van der Waals surface area contributed by atoms with E-state index < -0.39 is 20.0 Å². The number of nitrogens with one attached hydrogen (secondary N) is 1. The van der Waals surface area contributed by atoms with Crippen molar-refractivity contribution < 1.29 is 16.8 Å². The molecule has 0 aromatic carbocycles. The first-order valence-electron chi connectivity index (χ1n) is 11.3. The van der Waals surface area contributed by atoms with Crippen LogP contribution >= 0.6 is 0 Å². The van der Waals surface area contributed by atoms with E-state index in [-0.39, 0.29) is 29.8 Å². The topological polar surface area (TPSA) is 162 Å². The van der Waals surface area contributed by atoms with Crippen LogP contribution in [0.2, 0.25) is 0 Å². The van der Waals surface area contributed by atoms with Gasteiger partial charge in [-0.2, -0.15) is 4.98 Å². The molecule has 0 spiro atoms. The third kappa shape index (κ3) is 5.21. The highest BCUT2D eigenvalue weighted by molar-refractivity contribution is 7.89. The molecule has 0 atom stereocenters. The first-order chi connectivity index (χ1) is 16.6. The second-order valence-electron chi connectivity index (χ2n) is 8.94. The Morgan fingerprint density at radius 2 is 1.80 bits per heavy atom. The zero-order valence-electron chi connectivity index (χ0n) is 19.1. The number of rotatable bonds is 8. The van der Waals surface area contributed by atoms with Crippen LogP contribution in [0.15, 0.2) is 29.5 Å². The van der Waals surface area contributed by atoms with Crippen molar-refractivity contribution in [1.29, 1.82) is 0 Å². The van der Waals surface area contributed by atoms with Gasteiger partial charge in [0, 0.05) is 49.2 Å². The summed E-state index contributed by atoms with van der Waals surface area (Å²) in [6, 6.07) is 2.92. The standard InChI is InChI=1S/C20H26N8O5S2/c1-34(30,31)26-8-6-16(7-9-26)23-20-21-12-15-4-5-17(29)27(19(15)24-20)10-11-35(32,33)28-13-22-18(25-28)14-2-3-14/h4-5,12-14,16H,2-3,6-11H2,1H3,(H,21,23,24). The van der Waals surface area contributed by atoms with Crippen LogP contribution in [0, 0.1) is 0 Å². The molecule has 1 aliphatic heterocycles. The van der Waals surface area contributed by atoms with Gasteiger partial charge in [0.1, 0.15) is 12.0 Å². The number of aromatic nitrogens is 6. The monoisotopic (exact) mass is 522 g/mol. The Balaban J connectivity index is 1.33. The maximum Gasteiger partial charge on any atom is 0.257 e. The van der Waals surface area contributed by atoms with Crippen LogP contribution in [0.3, 0.4) is 0 Å². The number of fused-ring (bicyclic) bond motifs is 1. The van der Waals surface area contributed by atoms with E-state index in [1.165, 1.54) is 27.5 Å². The van der Waals surface area contributed by atoms with E-state index >= 15 is 0 Å². The molecular weight excluding hydrogens is 496 g/mol. The molecule has 2 fully saturated rings. The number of hydrogen-bond acceptors (Lipinski definition) is 10. The minimum atomic E-state index is -3.81. The lowest BCUT2D eigenvalue weighted by Crippen LogP contribution is -2.42. The average molecular weight is 523 g/mol. The van der Waals surface area contributed by atoms with Gasteiger partial charge in [-0.1, -0.05) is 0 Å². The lowest BCUT2D eigenvalue weighted by Gasteiger charge is -2.30. The van der Waals surface area contributed by atoms with Crippen molar-refractivity contribution in [2.24, 2.45) is 0 Å². The van der Waals surface area contributed by atoms with Gasteiger partial charge in [-0.25, -0.2) is 31.1 Å². The lowest BCUT2D eigenvalue weighted by atomic mass is 10.1. The van der Waals surface area contributed by atoms with Gasteiger partial charge in [0.15, 0.2) is 5.82 Å². The van der Waals surface area contributed by atoms with Gasteiger partial charge in [0.25, 0.3) is 15.6 Å². The van der Waals surface area contributed by atoms with Crippen molar-refractivity contribution in [2.75, 3.05) is 30.4 Å². The first-order valence-corrected chi connectivity index (χ1v) is 14.8. The second-order valence-corrected chi connectivity index (χ2v) is 12.9. The molecule has 0 amide bonds. The number of anilines is 1. The van der Waals surface area contributed by atoms with Crippen LogP contribution in [-0.2, 0) is 26.6 Å². The van der Waals surface area contributed by atoms with E-state index in [4.69, 9.17) is 0 Å². The number of nitrogens with zero attached hydrogens (tertiary/aromatic N) is 7. The molecule has 0 unspecified atom stereocenters. The van der Waals surface area contributed by atoms with Gasteiger partial charge >= 0.3 is 0 Å². The molecule has 5 rings (SSSR count). The van der Waals surface area contributed by atoms with E-state index in [2.05, 4.69) is 25.4 Å². The van der Waals surface area contributed by atoms with Crippen LogP contribution in [0.4, 0.5) is 5.95 Å². The predicted octanol–water partition coefficient (Wildman–Crippen LogP) is -0.0256. The summed E-state index contributed by atoms with van der Waals surface area (Å²) < 4.78 is 52.6. The van der Waals surface area contributed by atoms with Crippen LogP contribution in [0.1, 0.15) is 37.4 Å². The Kier molecular flexibility index (Phi) is 6.09. The highest BCUT2D eigenvalue weighted by Gasteiger charge is 2.29. The molecule has 1 N–H and O–H groups in total. The number of aryl methyl sites for hydroxylation is 1. The van der Waals surface area contributed by atoms with Crippen molar-refractivity contribution in [1.82, 2.24) is 33.0 Å². The molecule has 0 radical (unpaired) electrons. The Hall–Kier alpha value is -2.91. The van der Waals surface area contributed by atoms with Crippen LogP contribution in [-0.4, -0.2) is 81.0 Å². The summed E-state index contributed by atoms with van der Waals surface area (Å²) in [6.45, 7) is 0.690. The fourth-order valence-corrected chi connectivity index (χ4v) is 5.97. The maximum atomic E-state index is 12.8. The Labute approximate surface area is 202 Å². The van der Waals surface area contributed by atoms with Crippen molar-refractivity contribution >= 4 is 37.0 Å². The van der Waals surface area contributed by atoms with Crippen molar-refractivity contribution in [3.8, 4) is 0 Å². The highest BCUT2D eigenvalue weighted by atomic mass is 32.2. The van der Waals surface area contributed by atoms with E-state index in [0.717, 1.165) is 16.9 Å². The molecule has 35 heavy (non-hydrogen) atoms. The summed E-state index contributed by atoms with van der Waals surface area (Å²) in [5.74, 6) is 0.703. The van der Waals surface area contributed by atoms with Gasteiger partial charge in [-0.3, -0.25) is 9.36 Å². The third-order valence-electron chi connectivity index (χ3n) is 6.27. The summed E-state index contributed by atoms with van der Waals surface area (Å²) in [5, 5.41) is 7.90. The highest BCUT2D eigenvalue weighted by Crippen LogP contribution is 2.37. The summed E-state index contributed by atoms with van der Waals surface area (Å²) in [5.41, 5.74) is -0.0629. The van der Waals surface area contributed by atoms with Crippen LogP contribution < -0.4 is 10.9 Å². The van der Waals surface area contributed by atoms with Gasteiger partial charge in [-0.05, 0) is 31.7 Å². The zero-order chi connectivity index (χ0) is 24.8. The Morgan fingerprint density at radius 1 is 1.06 bits per heavy atom. The molecule has 15 heteroatoms. The van der Waals surface area contributed by atoms with E-state index in [1.54, 1.807) is 12.3 Å². The van der Waals surface area contributed by atoms with Gasteiger partial charge in [0.05, 0.1) is 12.0 Å². The summed E-state index contributed by atoms with van der Waals surface area (Å²) in [4.78, 5) is 25.5. The number of pyridine rings is 1. The van der Waals surface area contributed by atoms with Crippen LogP contribution in [0.25, 0.3) is 11.0 Å². The smallest absolute Gasteiger partial charge is 0.257 e. The maximum absolute atomic E-state index is 12.8. The molecule has 4 heterocycles. The third-order valence-corrected chi connectivity index (χ3v) is 9.02. The molecule has 0 bridgehead atoms. The van der Waals surface area contributed by atoms with Gasteiger partial charge < -0.3 is 5.32 Å². The molecule has 3 aromatic rings. The van der Waals surface area contributed by atoms with E-state index in [9.17, 15) is 21.6 Å². The minimum absolute atomic E-state index is 0.0253. The molecule has 2 aliphatic rings. The van der Waals surface area contributed by atoms with E-state index in [0.29, 0.717) is 48.7 Å². The second kappa shape index (κ2) is 8.95. The molecule has 188 valence electrons. The minimum Gasteiger partial charge on any atom is -0.351 e. The Morgan fingerprint density at radius 3 is 2.49 bits per heavy atom. The lowest BCUT2D eigenvalue weighted by molar-refractivity contribution is 0.331. The summed E-state index contributed by atoms with van der Waals surface area (Å²) in [6.07, 6.45) is 7.07.